The summed E-state index contributed by atoms with van der Waals surface area (Å²) in [5.41, 5.74) is -3.96. The van der Waals surface area contributed by atoms with Gasteiger partial charge in [-0.3, -0.25) is 4.79 Å². The Hall–Kier alpha value is -0.600. The van der Waals surface area contributed by atoms with Gasteiger partial charge in [-0.1, -0.05) is 23.2 Å². The van der Waals surface area contributed by atoms with Crippen LogP contribution in [0.15, 0.2) is 28.7 Å². The molecule has 0 bridgehead atoms. The SMILES string of the molecule is Cc1sc(C(=O)CC(O)(c2cc(Cl)cc(Cl)c2)C(F)(F)F)cc1Br. The van der Waals surface area contributed by atoms with Crippen molar-refractivity contribution < 1.29 is 23.1 Å². The van der Waals surface area contributed by atoms with E-state index in [2.05, 4.69) is 15.9 Å². The van der Waals surface area contributed by atoms with E-state index in [0.29, 0.717) is 4.47 Å². The summed E-state index contributed by atoms with van der Waals surface area (Å²) in [7, 11) is 0. The van der Waals surface area contributed by atoms with Gasteiger partial charge >= 0.3 is 6.18 Å². The van der Waals surface area contributed by atoms with E-state index in [-0.39, 0.29) is 14.9 Å². The minimum atomic E-state index is -5.08. The summed E-state index contributed by atoms with van der Waals surface area (Å²) in [5, 5.41) is 10.2. The van der Waals surface area contributed by atoms with E-state index >= 15 is 0 Å². The largest absolute Gasteiger partial charge is 0.421 e. The lowest BCUT2D eigenvalue weighted by Crippen LogP contribution is -2.44. The second-order valence-electron chi connectivity index (χ2n) is 5.13. The van der Waals surface area contributed by atoms with Crippen LogP contribution < -0.4 is 0 Å². The van der Waals surface area contributed by atoms with Crippen LogP contribution in [-0.2, 0) is 5.60 Å². The molecule has 2 rings (SSSR count). The van der Waals surface area contributed by atoms with Gasteiger partial charge in [0.1, 0.15) is 0 Å². The summed E-state index contributed by atoms with van der Waals surface area (Å²) in [4.78, 5) is 13.1. The molecule has 0 spiro atoms. The molecule has 1 aromatic carbocycles. The van der Waals surface area contributed by atoms with Crippen LogP contribution in [0.4, 0.5) is 13.2 Å². The van der Waals surface area contributed by atoms with Crippen molar-refractivity contribution in [2.75, 3.05) is 0 Å². The number of hydrogen-bond acceptors (Lipinski definition) is 3. The van der Waals surface area contributed by atoms with Crippen molar-refractivity contribution in [1.82, 2.24) is 0 Å². The molecule has 1 heterocycles. The third-order valence-corrected chi connectivity index (χ3v) is 5.97. The number of benzene rings is 1. The van der Waals surface area contributed by atoms with Gasteiger partial charge in [0.05, 0.1) is 11.3 Å². The first-order valence-corrected chi connectivity index (χ1v) is 8.85. The molecule has 0 fully saturated rings. The Bertz CT molecular complexity index is 752. The van der Waals surface area contributed by atoms with Crippen molar-refractivity contribution in [2.45, 2.75) is 25.1 Å². The number of ketones is 1. The van der Waals surface area contributed by atoms with Crippen LogP contribution >= 0.6 is 50.5 Å². The number of carbonyl (C=O) groups is 1. The van der Waals surface area contributed by atoms with E-state index in [1.54, 1.807) is 6.92 Å². The molecule has 0 saturated heterocycles. The predicted molar refractivity (Wildman–Crippen MR) is 92.1 cm³/mol. The molecule has 1 atom stereocenters. The van der Waals surface area contributed by atoms with Crippen LogP contribution in [0.5, 0.6) is 0 Å². The molecule has 1 unspecified atom stereocenters. The number of thiophene rings is 1. The molecule has 0 aliphatic rings. The van der Waals surface area contributed by atoms with Crippen LogP contribution in [-0.4, -0.2) is 17.1 Å². The summed E-state index contributed by atoms with van der Waals surface area (Å²) in [6.07, 6.45) is -6.25. The maximum absolute atomic E-state index is 13.5. The van der Waals surface area contributed by atoms with Gasteiger partial charge in [-0.05, 0) is 52.7 Å². The maximum Gasteiger partial charge on any atom is 0.421 e. The molecule has 2 nitrogen and oxygen atoms in total. The van der Waals surface area contributed by atoms with E-state index in [4.69, 9.17) is 23.2 Å². The molecule has 0 amide bonds. The van der Waals surface area contributed by atoms with Crippen LogP contribution in [0.25, 0.3) is 0 Å². The zero-order valence-corrected chi connectivity index (χ0v) is 16.0. The molecule has 1 N–H and O–H groups in total. The summed E-state index contributed by atoms with van der Waals surface area (Å²) < 4.78 is 41.2. The Labute approximate surface area is 158 Å². The second kappa shape index (κ2) is 6.96. The highest BCUT2D eigenvalue weighted by Crippen LogP contribution is 2.44. The molecule has 130 valence electrons. The number of halogens is 6. The molecule has 0 saturated carbocycles. The molecule has 0 aliphatic heterocycles. The highest BCUT2D eigenvalue weighted by molar-refractivity contribution is 9.10. The lowest BCUT2D eigenvalue weighted by Gasteiger charge is -2.30. The van der Waals surface area contributed by atoms with Crippen molar-refractivity contribution in [1.29, 1.82) is 0 Å². The van der Waals surface area contributed by atoms with Gasteiger partial charge in [0.2, 0.25) is 0 Å². The van der Waals surface area contributed by atoms with Gasteiger partial charge in [-0.25, -0.2) is 0 Å². The molecular weight excluding hydrogens is 452 g/mol. The smallest absolute Gasteiger partial charge is 0.376 e. The zero-order valence-electron chi connectivity index (χ0n) is 12.0. The number of carbonyl (C=O) groups excluding carboxylic acids is 1. The van der Waals surface area contributed by atoms with Crippen molar-refractivity contribution in [3.05, 3.63) is 54.1 Å². The normalized spacial score (nSPS) is 14.5. The minimum Gasteiger partial charge on any atom is -0.376 e. The molecule has 24 heavy (non-hydrogen) atoms. The van der Waals surface area contributed by atoms with Crippen molar-refractivity contribution >= 4 is 56.3 Å². The Morgan fingerprint density at radius 2 is 1.75 bits per heavy atom. The number of hydrogen-bond donors (Lipinski definition) is 1. The third kappa shape index (κ3) is 3.96. The fourth-order valence-corrected chi connectivity index (χ4v) is 4.07. The monoisotopic (exact) mass is 460 g/mol. The average molecular weight is 462 g/mol. The third-order valence-electron chi connectivity index (χ3n) is 3.36. The van der Waals surface area contributed by atoms with E-state index in [0.717, 1.165) is 28.3 Å². The Balaban J connectivity index is 2.47. The molecule has 9 heteroatoms. The van der Waals surface area contributed by atoms with Crippen molar-refractivity contribution in [3.8, 4) is 0 Å². The quantitative estimate of drug-likeness (QED) is 0.554. The number of Topliss-reactive ketones (excluding diaryl/α,β-unsaturated/α-hetero) is 1. The van der Waals surface area contributed by atoms with E-state index in [1.165, 1.54) is 12.1 Å². The topological polar surface area (TPSA) is 37.3 Å². The predicted octanol–water partition coefficient (Wildman–Crippen LogP) is 6.15. The van der Waals surface area contributed by atoms with Crippen molar-refractivity contribution in [2.24, 2.45) is 0 Å². The Morgan fingerprint density at radius 1 is 1.21 bits per heavy atom. The number of aryl methyl sites for hydroxylation is 1. The lowest BCUT2D eigenvalue weighted by atomic mass is 9.87. The molecule has 1 aromatic heterocycles. The first-order valence-electron chi connectivity index (χ1n) is 6.49. The Kier molecular flexibility index (Phi) is 5.72. The van der Waals surface area contributed by atoms with Gasteiger partial charge < -0.3 is 5.11 Å². The van der Waals surface area contributed by atoms with Crippen LogP contribution in [0.3, 0.4) is 0 Å². The van der Waals surface area contributed by atoms with Gasteiger partial charge in [0, 0.05) is 19.4 Å². The molecular formula is C15H10BrCl2F3O2S. The standard InChI is InChI=1S/C15H10BrCl2F3O2S/c1-7-11(16)5-13(24-7)12(22)6-14(23,15(19,20)21)8-2-9(17)4-10(18)3-8/h2-5,23H,6H2,1H3. The fourth-order valence-electron chi connectivity index (χ4n) is 2.08. The number of alkyl halides is 3. The van der Waals surface area contributed by atoms with Crippen LogP contribution in [0.2, 0.25) is 10.0 Å². The summed E-state index contributed by atoms with van der Waals surface area (Å²) in [6.45, 7) is 1.72. The molecule has 2 aromatic rings. The van der Waals surface area contributed by atoms with Gasteiger partial charge in [0.25, 0.3) is 0 Å². The van der Waals surface area contributed by atoms with E-state index in [9.17, 15) is 23.1 Å². The fraction of sp³-hybridized carbons (Fsp3) is 0.267. The van der Waals surface area contributed by atoms with E-state index in [1.807, 2.05) is 0 Å². The van der Waals surface area contributed by atoms with Crippen LogP contribution in [0.1, 0.15) is 26.5 Å². The average Bonchev–Trinajstić information content (AvgIpc) is 2.76. The van der Waals surface area contributed by atoms with Gasteiger partial charge in [0.15, 0.2) is 11.4 Å². The highest BCUT2D eigenvalue weighted by Gasteiger charge is 2.56. The summed E-state index contributed by atoms with van der Waals surface area (Å²) in [5.74, 6) is -0.829. The van der Waals surface area contributed by atoms with Crippen LogP contribution in [0, 0.1) is 6.92 Å². The lowest BCUT2D eigenvalue weighted by molar-refractivity contribution is -0.264. The molecule has 0 radical (unpaired) electrons. The molecule has 0 aliphatic carbocycles. The first kappa shape index (κ1) is 19.7. The highest BCUT2D eigenvalue weighted by atomic mass is 79.9. The Morgan fingerprint density at radius 3 is 2.17 bits per heavy atom. The van der Waals surface area contributed by atoms with Gasteiger partial charge in [-0.15, -0.1) is 11.3 Å². The van der Waals surface area contributed by atoms with Crippen molar-refractivity contribution in [3.63, 3.8) is 0 Å². The minimum absolute atomic E-state index is 0.0673. The zero-order chi connectivity index (χ0) is 18.3. The first-order chi connectivity index (χ1) is 10.9. The second-order valence-corrected chi connectivity index (χ2v) is 8.11. The number of aliphatic hydroxyl groups is 1. The number of rotatable bonds is 4. The van der Waals surface area contributed by atoms with Gasteiger partial charge in [-0.2, -0.15) is 13.2 Å². The summed E-state index contributed by atoms with van der Waals surface area (Å²) in [6, 6.07) is 4.57. The summed E-state index contributed by atoms with van der Waals surface area (Å²) >= 11 is 15.7. The maximum atomic E-state index is 13.5. The van der Waals surface area contributed by atoms with E-state index < -0.39 is 29.5 Å².